The van der Waals surface area contributed by atoms with Gasteiger partial charge in [0.25, 0.3) is 5.91 Å². The summed E-state index contributed by atoms with van der Waals surface area (Å²) in [5.41, 5.74) is -0.303. The zero-order valence-corrected chi connectivity index (χ0v) is 17.6. The molecule has 0 aliphatic carbocycles. The summed E-state index contributed by atoms with van der Waals surface area (Å²) in [5.74, 6) is -2.55. The van der Waals surface area contributed by atoms with E-state index >= 15 is 0 Å². The molecule has 2 atom stereocenters. The van der Waals surface area contributed by atoms with Gasteiger partial charge in [-0.2, -0.15) is 0 Å². The molecule has 2 aromatic carbocycles. The lowest BCUT2D eigenvalue weighted by Gasteiger charge is -2.27. The Balaban J connectivity index is 1.39. The standard InChI is InChI=1S/C22H20F2N4O2S/c1-22(13-8-9-14(23)15(24)11-13)20(29)28(21(30)26-22)12-27-10-4-6-17(27)19-25-16-5-2-3-7-18(16)31-19/h2-3,5,7-9,11,17H,4,6,10,12H2,1H3,(H,26,30)/t17-,22+/m1/s1. The number of likely N-dealkylation sites (tertiary alicyclic amines) is 1. The van der Waals surface area contributed by atoms with Crippen LogP contribution in [-0.2, 0) is 10.3 Å². The van der Waals surface area contributed by atoms with E-state index < -0.39 is 29.1 Å². The van der Waals surface area contributed by atoms with Crippen LogP contribution in [0.1, 0.15) is 36.4 Å². The molecule has 0 radical (unpaired) electrons. The second-order valence-electron chi connectivity index (χ2n) is 8.05. The number of rotatable bonds is 4. The third kappa shape index (κ3) is 3.28. The Morgan fingerprint density at radius 1 is 1.19 bits per heavy atom. The number of carbonyl (C=O) groups excluding carboxylic acids is 2. The van der Waals surface area contributed by atoms with Crippen molar-refractivity contribution in [3.8, 4) is 0 Å². The Kier molecular flexibility index (Phi) is 4.75. The summed E-state index contributed by atoms with van der Waals surface area (Å²) in [6.45, 7) is 2.36. The Morgan fingerprint density at radius 2 is 2.00 bits per heavy atom. The number of hydrogen-bond donors (Lipinski definition) is 1. The third-order valence-electron chi connectivity index (χ3n) is 6.05. The van der Waals surface area contributed by atoms with Gasteiger partial charge in [0.05, 0.1) is 22.9 Å². The number of amides is 3. The van der Waals surface area contributed by atoms with E-state index in [9.17, 15) is 18.4 Å². The second-order valence-corrected chi connectivity index (χ2v) is 9.11. The minimum Gasteiger partial charge on any atom is -0.319 e. The maximum atomic E-state index is 13.8. The van der Waals surface area contributed by atoms with E-state index in [4.69, 9.17) is 4.98 Å². The third-order valence-corrected chi connectivity index (χ3v) is 7.19. The van der Waals surface area contributed by atoms with E-state index in [0.29, 0.717) is 0 Å². The number of thiazole rings is 1. The minimum absolute atomic E-state index is 0.0214. The van der Waals surface area contributed by atoms with Gasteiger partial charge in [-0.1, -0.05) is 18.2 Å². The summed E-state index contributed by atoms with van der Waals surface area (Å²) in [6, 6.07) is 10.6. The zero-order valence-electron chi connectivity index (χ0n) is 16.8. The summed E-state index contributed by atoms with van der Waals surface area (Å²) < 4.78 is 28.2. The number of halogens is 2. The minimum atomic E-state index is -1.45. The van der Waals surface area contributed by atoms with Crippen LogP contribution < -0.4 is 5.32 Å². The second kappa shape index (κ2) is 7.35. The van der Waals surface area contributed by atoms with E-state index in [2.05, 4.69) is 10.2 Å². The lowest BCUT2D eigenvalue weighted by molar-refractivity contribution is -0.132. The zero-order chi connectivity index (χ0) is 21.8. The molecule has 0 spiro atoms. The number of fused-ring (bicyclic) bond motifs is 1. The molecule has 2 aliphatic heterocycles. The van der Waals surface area contributed by atoms with Crippen molar-refractivity contribution in [3.63, 3.8) is 0 Å². The van der Waals surface area contributed by atoms with Crippen LogP contribution >= 0.6 is 11.3 Å². The molecule has 5 rings (SSSR count). The van der Waals surface area contributed by atoms with Gasteiger partial charge in [-0.15, -0.1) is 11.3 Å². The van der Waals surface area contributed by atoms with Crippen LogP contribution in [0.2, 0.25) is 0 Å². The summed E-state index contributed by atoms with van der Waals surface area (Å²) in [7, 11) is 0. The first-order chi connectivity index (χ1) is 14.9. The van der Waals surface area contributed by atoms with Gasteiger partial charge in [0.15, 0.2) is 11.6 Å². The van der Waals surface area contributed by atoms with E-state index in [1.165, 1.54) is 13.0 Å². The van der Waals surface area contributed by atoms with Gasteiger partial charge in [0.1, 0.15) is 10.5 Å². The van der Waals surface area contributed by atoms with Crippen LogP contribution in [-0.4, -0.2) is 39.9 Å². The predicted octanol–water partition coefficient (Wildman–Crippen LogP) is 4.14. The van der Waals surface area contributed by atoms with Crippen molar-refractivity contribution in [1.29, 1.82) is 0 Å². The molecule has 1 aromatic heterocycles. The van der Waals surface area contributed by atoms with Crippen LogP contribution in [0.15, 0.2) is 42.5 Å². The Labute approximate surface area is 181 Å². The summed E-state index contributed by atoms with van der Waals surface area (Å²) >= 11 is 1.62. The number of aromatic nitrogens is 1. The Bertz CT molecular complexity index is 1170. The van der Waals surface area contributed by atoms with E-state index in [1.54, 1.807) is 11.3 Å². The monoisotopic (exact) mass is 442 g/mol. The van der Waals surface area contributed by atoms with Gasteiger partial charge in [0.2, 0.25) is 0 Å². The number of nitrogens with zero attached hydrogens (tertiary/aromatic N) is 3. The number of nitrogens with one attached hydrogen (secondary N) is 1. The molecule has 0 unspecified atom stereocenters. The normalized spacial score (nSPS) is 24.4. The molecule has 31 heavy (non-hydrogen) atoms. The van der Waals surface area contributed by atoms with Crippen molar-refractivity contribution in [2.45, 2.75) is 31.3 Å². The average Bonchev–Trinajstić information content (AvgIpc) is 3.43. The van der Waals surface area contributed by atoms with Crippen molar-refractivity contribution >= 4 is 33.5 Å². The van der Waals surface area contributed by atoms with Crippen LogP contribution in [0.4, 0.5) is 13.6 Å². The van der Waals surface area contributed by atoms with E-state index in [0.717, 1.165) is 51.6 Å². The highest BCUT2D eigenvalue weighted by molar-refractivity contribution is 7.18. The van der Waals surface area contributed by atoms with Crippen molar-refractivity contribution < 1.29 is 18.4 Å². The molecular weight excluding hydrogens is 422 g/mol. The summed E-state index contributed by atoms with van der Waals surface area (Å²) in [5, 5.41) is 3.62. The largest absolute Gasteiger partial charge is 0.326 e. The first kappa shape index (κ1) is 20.0. The van der Waals surface area contributed by atoms with Crippen LogP contribution in [0.25, 0.3) is 10.2 Å². The molecule has 2 fully saturated rings. The molecule has 3 heterocycles. The van der Waals surface area contributed by atoms with Gasteiger partial charge in [-0.3, -0.25) is 9.69 Å². The Morgan fingerprint density at radius 3 is 2.77 bits per heavy atom. The van der Waals surface area contributed by atoms with Crippen LogP contribution in [0, 0.1) is 11.6 Å². The smallest absolute Gasteiger partial charge is 0.319 e. The average molecular weight is 442 g/mol. The van der Waals surface area contributed by atoms with Gasteiger partial charge in [0, 0.05) is 6.54 Å². The number of carbonyl (C=O) groups is 2. The van der Waals surface area contributed by atoms with Gasteiger partial charge in [-0.05, 0) is 49.6 Å². The summed E-state index contributed by atoms with van der Waals surface area (Å²) in [4.78, 5) is 33.8. The quantitative estimate of drug-likeness (QED) is 0.617. The number of imide groups is 1. The van der Waals surface area contributed by atoms with Crippen molar-refractivity contribution in [3.05, 3.63) is 64.7 Å². The molecule has 6 nitrogen and oxygen atoms in total. The molecule has 2 aliphatic rings. The predicted molar refractivity (Wildman–Crippen MR) is 112 cm³/mol. The molecule has 1 N–H and O–H groups in total. The molecule has 3 amide bonds. The fourth-order valence-electron chi connectivity index (χ4n) is 4.32. The Hall–Kier alpha value is -2.91. The maximum Gasteiger partial charge on any atom is 0.326 e. The lowest BCUT2D eigenvalue weighted by atomic mass is 9.92. The lowest BCUT2D eigenvalue weighted by Crippen LogP contribution is -2.43. The fourth-order valence-corrected chi connectivity index (χ4v) is 5.45. The highest BCUT2D eigenvalue weighted by Crippen LogP contribution is 2.37. The van der Waals surface area contributed by atoms with Gasteiger partial charge in [-0.25, -0.2) is 23.5 Å². The fraction of sp³-hybridized carbons (Fsp3) is 0.318. The van der Waals surface area contributed by atoms with E-state index in [1.807, 2.05) is 24.3 Å². The number of urea groups is 1. The first-order valence-corrected chi connectivity index (χ1v) is 10.9. The molecule has 3 aromatic rings. The molecular formula is C22H20F2N4O2S. The molecule has 0 bridgehead atoms. The number of benzene rings is 2. The number of para-hydroxylation sites is 1. The van der Waals surface area contributed by atoms with Crippen LogP contribution in [0.5, 0.6) is 0 Å². The van der Waals surface area contributed by atoms with Crippen molar-refractivity contribution in [1.82, 2.24) is 20.1 Å². The van der Waals surface area contributed by atoms with Gasteiger partial charge < -0.3 is 5.32 Å². The first-order valence-electron chi connectivity index (χ1n) is 10.1. The van der Waals surface area contributed by atoms with Crippen LogP contribution in [0.3, 0.4) is 0 Å². The topological polar surface area (TPSA) is 65.5 Å². The molecule has 160 valence electrons. The van der Waals surface area contributed by atoms with Crippen molar-refractivity contribution in [2.75, 3.05) is 13.2 Å². The molecule has 0 saturated carbocycles. The molecule has 9 heteroatoms. The van der Waals surface area contributed by atoms with Gasteiger partial charge >= 0.3 is 6.03 Å². The highest BCUT2D eigenvalue weighted by Gasteiger charge is 2.50. The number of hydrogen-bond acceptors (Lipinski definition) is 5. The molecule has 2 saturated heterocycles. The van der Waals surface area contributed by atoms with Crippen molar-refractivity contribution in [2.24, 2.45) is 0 Å². The summed E-state index contributed by atoms with van der Waals surface area (Å²) in [6.07, 6.45) is 1.83. The maximum absolute atomic E-state index is 13.8. The SMILES string of the molecule is C[C@@]1(c2ccc(F)c(F)c2)NC(=O)N(CN2CCC[C@@H]2c2nc3ccccc3s2)C1=O. The highest BCUT2D eigenvalue weighted by atomic mass is 32.1. The van der Waals surface area contributed by atoms with E-state index in [-0.39, 0.29) is 18.3 Å².